The van der Waals surface area contributed by atoms with Gasteiger partial charge in [-0.25, -0.2) is 0 Å². The summed E-state index contributed by atoms with van der Waals surface area (Å²) >= 11 is 0. The molecular formula is C23H25N3O. The Balaban J connectivity index is 1.32. The standard InChI is InChI=1S/C23H25N3O/c1-3-8-20(9-4-1)18-25-14-16-26(17-15-25)22-12-7-13-23(24-22)27-19-21-10-5-2-6-11-21/h1-13H,14-19H2. The van der Waals surface area contributed by atoms with Crippen LogP contribution in [0.5, 0.6) is 5.88 Å². The van der Waals surface area contributed by atoms with Crippen LogP contribution in [0.15, 0.2) is 78.9 Å². The van der Waals surface area contributed by atoms with Crippen LogP contribution in [0.2, 0.25) is 0 Å². The molecule has 0 saturated carbocycles. The van der Waals surface area contributed by atoms with E-state index in [1.54, 1.807) is 0 Å². The van der Waals surface area contributed by atoms with Crippen molar-refractivity contribution in [2.75, 3.05) is 31.1 Å². The Bertz CT molecular complexity index is 831. The number of benzene rings is 2. The van der Waals surface area contributed by atoms with Gasteiger partial charge in [-0.1, -0.05) is 66.7 Å². The average molecular weight is 359 g/mol. The Morgan fingerprint density at radius 3 is 2.07 bits per heavy atom. The van der Waals surface area contributed by atoms with Crippen molar-refractivity contribution in [3.8, 4) is 5.88 Å². The SMILES string of the molecule is c1ccc(COc2cccc(N3CCN(Cc4ccccc4)CC3)n2)cc1. The van der Waals surface area contributed by atoms with Crippen LogP contribution in [0.3, 0.4) is 0 Å². The normalized spacial score (nSPS) is 14.9. The van der Waals surface area contributed by atoms with E-state index in [-0.39, 0.29) is 0 Å². The summed E-state index contributed by atoms with van der Waals surface area (Å²) in [7, 11) is 0. The molecule has 0 amide bonds. The van der Waals surface area contributed by atoms with Gasteiger partial charge in [-0.15, -0.1) is 0 Å². The third-order valence-electron chi connectivity index (χ3n) is 4.88. The average Bonchev–Trinajstić information content (AvgIpc) is 2.75. The number of hydrogen-bond donors (Lipinski definition) is 0. The first-order valence-corrected chi connectivity index (χ1v) is 9.52. The summed E-state index contributed by atoms with van der Waals surface area (Å²) in [6.07, 6.45) is 0. The van der Waals surface area contributed by atoms with Gasteiger partial charge >= 0.3 is 0 Å². The van der Waals surface area contributed by atoms with E-state index in [1.807, 2.05) is 30.3 Å². The smallest absolute Gasteiger partial charge is 0.215 e. The molecule has 138 valence electrons. The minimum atomic E-state index is 0.544. The second-order valence-corrected chi connectivity index (χ2v) is 6.86. The van der Waals surface area contributed by atoms with Gasteiger partial charge in [-0.05, 0) is 17.2 Å². The maximum absolute atomic E-state index is 5.88. The van der Waals surface area contributed by atoms with Gasteiger partial charge in [-0.3, -0.25) is 4.90 Å². The summed E-state index contributed by atoms with van der Waals surface area (Å²) in [5.41, 5.74) is 2.53. The van der Waals surface area contributed by atoms with Gasteiger partial charge in [0.05, 0.1) is 0 Å². The quantitative estimate of drug-likeness (QED) is 0.666. The lowest BCUT2D eigenvalue weighted by molar-refractivity contribution is 0.248. The van der Waals surface area contributed by atoms with Crippen LogP contribution in [0.25, 0.3) is 0 Å². The number of ether oxygens (including phenoxy) is 1. The van der Waals surface area contributed by atoms with E-state index in [0.29, 0.717) is 12.5 Å². The zero-order valence-corrected chi connectivity index (χ0v) is 15.5. The summed E-state index contributed by atoms with van der Waals surface area (Å²) in [6.45, 7) is 5.63. The number of anilines is 1. The molecular weight excluding hydrogens is 334 g/mol. The molecule has 0 bridgehead atoms. The molecule has 4 heteroatoms. The minimum Gasteiger partial charge on any atom is -0.473 e. The molecule has 4 nitrogen and oxygen atoms in total. The van der Waals surface area contributed by atoms with Crippen molar-refractivity contribution in [1.82, 2.24) is 9.88 Å². The number of aromatic nitrogens is 1. The molecule has 1 aliphatic rings. The molecule has 0 atom stereocenters. The maximum Gasteiger partial charge on any atom is 0.215 e. The zero-order valence-electron chi connectivity index (χ0n) is 15.5. The summed E-state index contributed by atoms with van der Waals surface area (Å²) < 4.78 is 5.88. The molecule has 1 aliphatic heterocycles. The third kappa shape index (κ3) is 4.86. The molecule has 0 N–H and O–H groups in total. The fourth-order valence-electron chi connectivity index (χ4n) is 3.37. The molecule has 0 radical (unpaired) electrons. The number of piperazine rings is 1. The van der Waals surface area contributed by atoms with Crippen LogP contribution >= 0.6 is 0 Å². The Labute approximate surface area is 161 Å². The minimum absolute atomic E-state index is 0.544. The molecule has 0 aliphatic carbocycles. The topological polar surface area (TPSA) is 28.6 Å². The Kier molecular flexibility index (Phi) is 5.65. The fourth-order valence-corrected chi connectivity index (χ4v) is 3.37. The number of hydrogen-bond acceptors (Lipinski definition) is 4. The highest BCUT2D eigenvalue weighted by molar-refractivity contribution is 5.41. The van der Waals surface area contributed by atoms with Gasteiger partial charge in [0.1, 0.15) is 12.4 Å². The van der Waals surface area contributed by atoms with Gasteiger partial charge in [0.25, 0.3) is 0 Å². The van der Waals surface area contributed by atoms with Crippen molar-refractivity contribution in [1.29, 1.82) is 0 Å². The van der Waals surface area contributed by atoms with E-state index in [4.69, 9.17) is 9.72 Å². The summed E-state index contributed by atoms with van der Waals surface area (Å²) in [6, 6.07) is 26.9. The largest absolute Gasteiger partial charge is 0.473 e. The molecule has 3 aromatic rings. The number of rotatable bonds is 6. The Morgan fingerprint density at radius 1 is 0.704 bits per heavy atom. The molecule has 2 heterocycles. The molecule has 2 aromatic carbocycles. The van der Waals surface area contributed by atoms with E-state index >= 15 is 0 Å². The third-order valence-corrected chi connectivity index (χ3v) is 4.88. The summed E-state index contributed by atoms with van der Waals surface area (Å²) in [5.74, 6) is 1.68. The van der Waals surface area contributed by atoms with Crippen molar-refractivity contribution >= 4 is 5.82 Å². The Hall–Kier alpha value is -2.85. The van der Waals surface area contributed by atoms with E-state index in [9.17, 15) is 0 Å². The predicted molar refractivity (Wildman–Crippen MR) is 109 cm³/mol. The first-order chi connectivity index (χ1) is 13.4. The lowest BCUT2D eigenvalue weighted by atomic mass is 10.2. The van der Waals surface area contributed by atoms with E-state index in [0.717, 1.165) is 44.1 Å². The van der Waals surface area contributed by atoms with Crippen molar-refractivity contribution in [3.05, 3.63) is 90.0 Å². The second kappa shape index (κ2) is 8.69. The molecule has 0 unspecified atom stereocenters. The lowest BCUT2D eigenvalue weighted by Gasteiger charge is -2.35. The van der Waals surface area contributed by atoms with Crippen LogP contribution in [0, 0.1) is 0 Å². The van der Waals surface area contributed by atoms with E-state index in [2.05, 4.69) is 58.3 Å². The van der Waals surface area contributed by atoms with Crippen LogP contribution in [-0.4, -0.2) is 36.1 Å². The molecule has 1 aromatic heterocycles. The molecule has 0 spiro atoms. The number of nitrogens with zero attached hydrogens (tertiary/aromatic N) is 3. The highest BCUT2D eigenvalue weighted by atomic mass is 16.5. The molecule has 27 heavy (non-hydrogen) atoms. The first-order valence-electron chi connectivity index (χ1n) is 9.52. The maximum atomic E-state index is 5.88. The summed E-state index contributed by atoms with van der Waals surface area (Å²) in [4.78, 5) is 9.55. The van der Waals surface area contributed by atoms with Crippen LogP contribution in [0.1, 0.15) is 11.1 Å². The monoisotopic (exact) mass is 359 g/mol. The van der Waals surface area contributed by atoms with Gasteiger partial charge < -0.3 is 9.64 Å². The molecule has 1 fully saturated rings. The van der Waals surface area contributed by atoms with Gasteiger partial charge in [0.2, 0.25) is 5.88 Å². The first kappa shape index (κ1) is 17.6. The highest BCUT2D eigenvalue weighted by Crippen LogP contribution is 2.19. The van der Waals surface area contributed by atoms with Crippen molar-refractivity contribution in [2.24, 2.45) is 0 Å². The second-order valence-electron chi connectivity index (χ2n) is 6.86. The Morgan fingerprint density at radius 2 is 1.37 bits per heavy atom. The summed E-state index contributed by atoms with van der Waals surface area (Å²) in [5, 5.41) is 0. The van der Waals surface area contributed by atoms with Crippen molar-refractivity contribution in [2.45, 2.75) is 13.2 Å². The van der Waals surface area contributed by atoms with Gasteiger partial charge in [-0.2, -0.15) is 4.98 Å². The van der Waals surface area contributed by atoms with Gasteiger partial charge in [0.15, 0.2) is 0 Å². The molecule has 1 saturated heterocycles. The van der Waals surface area contributed by atoms with Crippen LogP contribution < -0.4 is 9.64 Å². The van der Waals surface area contributed by atoms with Crippen molar-refractivity contribution < 1.29 is 4.74 Å². The number of pyridine rings is 1. The highest BCUT2D eigenvalue weighted by Gasteiger charge is 2.18. The van der Waals surface area contributed by atoms with Crippen LogP contribution in [0.4, 0.5) is 5.82 Å². The molecule has 4 rings (SSSR count). The van der Waals surface area contributed by atoms with E-state index < -0.39 is 0 Å². The fraction of sp³-hybridized carbons (Fsp3) is 0.261. The van der Waals surface area contributed by atoms with Crippen LogP contribution in [-0.2, 0) is 13.2 Å². The van der Waals surface area contributed by atoms with E-state index in [1.165, 1.54) is 5.56 Å². The van der Waals surface area contributed by atoms with Gasteiger partial charge in [0, 0.05) is 38.8 Å². The lowest BCUT2D eigenvalue weighted by Crippen LogP contribution is -2.46. The predicted octanol–water partition coefficient (Wildman–Crippen LogP) is 3.98. The zero-order chi connectivity index (χ0) is 18.3. The van der Waals surface area contributed by atoms with Crippen molar-refractivity contribution in [3.63, 3.8) is 0 Å².